The lowest BCUT2D eigenvalue weighted by Gasteiger charge is -2.22. The van der Waals surface area contributed by atoms with E-state index in [-0.39, 0.29) is 11.8 Å². The quantitative estimate of drug-likeness (QED) is 0.829. The summed E-state index contributed by atoms with van der Waals surface area (Å²) in [6, 6.07) is 13.8. The van der Waals surface area contributed by atoms with Crippen LogP contribution in [0.2, 0.25) is 0 Å². The Morgan fingerprint density at radius 2 is 1.84 bits per heavy atom. The van der Waals surface area contributed by atoms with Gasteiger partial charge in [-0.15, -0.1) is 0 Å². The van der Waals surface area contributed by atoms with E-state index in [0.29, 0.717) is 31.3 Å². The average molecular weight is 358 g/mol. The van der Waals surface area contributed by atoms with Gasteiger partial charge in [0.2, 0.25) is 5.91 Å². The highest BCUT2D eigenvalue weighted by atomic mass is 32.2. The molecule has 0 aromatic heterocycles. The van der Waals surface area contributed by atoms with Gasteiger partial charge in [0.05, 0.1) is 5.69 Å². The summed E-state index contributed by atoms with van der Waals surface area (Å²) >= 11 is 1.59. The van der Waals surface area contributed by atoms with Gasteiger partial charge in [0.1, 0.15) is 13.2 Å². The Labute approximate surface area is 152 Å². The molecule has 0 fully saturated rings. The third kappa shape index (κ3) is 4.46. The van der Waals surface area contributed by atoms with Gasteiger partial charge in [-0.3, -0.25) is 4.79 Å². The van der Waals surface area contributed by atoms with Crippen LogP contribution >= 0.6 is 11.8 Å². The summed E-state index contributed by atoms with van der Waals surface area (Å²) in [6.07, 6.45) is 0. The van der Waals surface area contributed by atoms with E-state index in [1.807, 2.05) is 56.4 Å². The van der Waals surface area contributed by atoms with Crippen LogP contribution in [-0.2, 0) is 4.79 Å². The van der Waals surface area contributed by atoms with E-state index in [4.69, 9.17) is 9.47 Å². The van der Waals surface area contributed by atoms with Gasteiger partial charge >= 0.3 is 0 Å². The summed E-state index contributed by atoms with van der Waals surface area (Å²) in [5.41, 5.74) is 0.742. The van der Waals surface area contributed by atoms with Gasteiger partial charge in [0, 0.05) is 34.4 Å². The lowest BCUT2D eigenvalue weighted by Crippen LogP contribution is -2.28. The van der Waals surface area contributed by atoms with E-state index in [1.54, 1.807) is 11.8 Å². The molecule has 0 saturated carbocycles. The molecule has 1 unspecified atom stereocenters. The highest BCUT2D eigenvalue weighted by Gasteiger charge is 2.19. The lowest BCUT2D eigenvalue weighted by molar-refractivity contribution is -0.119. The minimum Gasteiger partial charge on any atom is -0.486 e. The van der Waals surface area contributed by atoms with E-state index in [0.717, 1.165) is 15.5 Å². The van der Waals surface area contributed by atoms with Crippen LogP contribution in [-0.4, -0.2) is 32.7 Å². The Balaban J connectivity index is 1.89. The molecule has 132 valence electrons. The van der Waals surface area contributed by atoms with Crippen molar-refractivity contribution in [1.82, 2.24) is 5.32 Å². The Morgan fingerprint density at radius 3 is 2.52 bits per heavy atom. The second-order valence-electron chi connectivity index (χ2n) is 5.86. The van der Waals surface area contributed by atoms with Crippen molar-refractivity contribution >= 4 is 23.4 Å². The van der Waals surface area contributed by atoms with Crippen LogP contribution in [0.15, 0.2) is 52.3 Å². The van der Waals surface area contributed by atoms with E-state index < -0.39 is 0 Å². The molecule has 0 aliphatic carbocycles. The first-order chi connectivity index (χ1) is 12.2. The smallest absolute Gasteiger partial charge is 0.228 e. The molecule has 0 spiro atoms. The lowest BCUT2D eigenvalue weighted by atomic mass is 10.1. The van der Waals surface area contributed by atoms with Crippen molar-refractivity contribution < 1.29 is 14.3 Å². The number of carbonyl (C=O) groups is 1. The molecule has 3 rings (SSSR count). The second-order valence-corrected chi connectivity index (χ2v) is 6.97. The fourth-order valence-electron chi connectivity index (χ4n) is 2.52. The maximum absolute atomic E-state index is 12.4. The zero-order chi connectivity index (χ0) is 17.6. The summed E-state index contributed by atoms with van der Waals surface area (Å²) in [6.45, 7) is 3.57. The third-order valence-corrected chi connectivity index (χ3v) is 4.90. The van der Waals surface area contributed by atoms with Crippen LogP contribution in [0.4, 0.5) is 5.69 Å². The monoisotopic (exact) mass is 358 g/mol. The molecule has 1 heterocycles. The Hall–Kier alpha value is -2.18. The first kappa shape index (κ1) is 17.6. The van der Waals surface area contributed by atoms with E-state index in [1.165, 1.54) is 0 Å². The van der Waals surface area contributed by atoms with Gasteiger partial charge in [0.15, 0.2) is 11.5 Å². The molecule has 2 aromatic rings. The van der Waals surface area contributed by atoms with E-state index >= 15 is 0 Å². The molecule has 1 aliphatic heterocycles. The summed E-state index contributed by atoms with van der Waals surface area (Å²) in [4.78, 5) is 14.5. The van der Waals surface area contributed by atoms with E-state index in [2.05, 4.69) is 10.6 Å². The zero-order valence-corrected chi connectivity index (χ0v) is 15.2. The number of nitrogens with one attached hydrogen (secondary N) is 2. The highest BCUT2D eigenvalue weighted by molar-refractivity contribution is 7.99. The van der Waals surface area contributed by atoms with E-state index in [9.17, 15) is 4.79 Å². The normalized spacial score (nSPS) is 14.0. The molecule has 6 heteroatoms. The number of hydrogen-bond donors (Lipinski definition) is 2. The first-order valence-corrected chi connectivity index (χ1v) is 9.11. The van der Waals surface area contributed by atoms with Gasteiger partial charge in [0.25, 0.3) is 0 Å². The number of ether oxygens (including phenoxy) is 2. The van der Waals surface area contributed by atoms with Crippen molar-refractivity contribution in [1.29, 1.82) is 0 Å². The van der Waals surface area contributed by atoms with Crippen LogP contribution < -0.4 is 20.1 Å². The van der Waals surface area contributed by atoms with Crippen LogP contribution in [0.1, 0.15) is 6.92 Å². The molecule has 1 amide bonds. The predicted molar refractivity (Wildman–Crippen MR) is 99.7 cm³/mol. The number of rotatable bonds is 6. The van der Waals surface area contributed by atoms with Gasteiger partial charge in [-0.25, -0.2) is 0 Å². The van der Waals surface area contributed by atoms with Crippen molar-refractivity contribution in [3.63, 3.8) is 0 Å². The zero-order valence-electron chi connectivity index (χ0n) is 14.4. The minimum absolute atomic E-state index is 0.0269. The number of hydrogen-bond acceptors (Lipinski definition) is 5. The molecular weight excluding hydrogens is 336 g/mol. The summed E-state index contributed by atoms with van der Waals surface area (Å²) in [5.74, 6) is 1.22. The summed E-state index contributed by atoms with van der Waals surface area (Å²) in [5, 5.41) is 6.06. The van der Waals surface area contributed by atoms with Crippen LogP contribution in [0.3, 0.4) is 0 Å². The predicted octanol–water partition coefficient (Wildman–Crippen LogP) is 3.40. The number of fused-ring (bicyclic) bond motifs is 1. The number of benzene rings is 2. The summed E-state index contributed by atoms with van der Waals surface area (Å²) in [7, 11) is 1.84. The van der Waals surface area contributed by atoms with Crippen molar-refractivity contribution in [2.24, 2.45) is 5.92 Å². The standard InChI is InChI=1S/C19H22N2O3S/c1-13(12-20-2)19(22)21-15-10-16-17(24-9-8-23-16)11-18(15)25-14-6-4-3-5-7-14/h3-7,10-11,13,20H,8-9,12H2,1-2H3,(H,21,22). The maximum atomic E-state index is 12.4. The Bertz CT molecular complexity index is 737. The Kier molecular flexibility index (Phi) is 5.83. The molecule has 0 saturated heterocycles. The fraction of sp³-hybridized carbons (Fsp3) is 0.316. The number of carbonyl (C=O) groups excluding carboxylic acids is 1. The van der Waals surface area contributed by atoms with Crippen molar-refractivity contribution in [2.75, 3.05) is 32.1 Å². The SMILES string of the molecule is CNCC(C)C(=O)Nc1cc2c(cc1Sc1ccccc1)OCCO2. The Morgan fingerprint density at radius 1 is 1.16 bits per heavy atom. The van der Waals surface area contributed by atoms with Gasteiger partial charge < -0.3 is 20.1 Å². The van der Waals surface area contributed by atoms with Crippen molar-refractivity contribution in [2.45, 2.75) is 16.7 Å². The average Bonchev–Trinajstić information content (AvgIpc) is 2.63. The van der Waals surface area contributed by atoms with Crippen molar-refractivity contribution in [3.8, 4) is 11.5 Å². The molecule has 25 heavy (non-hydrogen) atoms. The molecule has 0 bridgehead atoms. The first-order valence-electron chi connectivity index (χ1n) is 8.29. The van der Waals surface area contributed by atoms with Crippen molar-refractivity contribution in [3.05, 3.63) is 42.5 Å². The molecular formula is C19H22N2O3S. The molecule has 2 N–H and O–H groups in total. The fourth-order valence-corrected chi connectivity index (χ4v) is 3.46. The molecule has 1 atom stereocenters. The second kappa shape index (κ2) is 8.27. The number of anilines is 1. The largest absolute Gasteiger partial charge is 0.486 e. The molecule has 2 aromatic carbocycles. The topological polar surface area (TPSA) is 59.6 Å². The van der Waals surface area contributed by atoms with Crippen LogP contribution in [0.5, 0.6) is 11.5 Å². The third-order valence-electron chi connectivity index (χ3n) is 3.83. The molecule has 1 aliphatic rings. The molecule has 0 radical (unpaired) electrons. The van der Waals surface area contributed by atoms with Crippen LogP contribution in [0.25, 0.3) is 0 Å². The van der Waals surface area contributed by atoms with Gasteiger partial charge in [-0.2, -0.15) is 0 Å². The molecule has 5 nitrogen and oxygen atoms in total. The van der Waals surface area contributed by atoms with Gasteiger partial charge in [-0.1, -0.05) is 36.9 Å². The summed E-state index contributed by atoms with van der Waals surface area (Å²) < 4.78 is 11.3. The van der Waals surface area contributed by atoms with Gasteiger partial charge in [-0.05, 0) is 19.2 Å². The van der Waals surface area contributed by atoms with Crippen LogP contribution in [0, 0.1) is 5.92 Å². The maximum Gasteiger partial charge on any atom is 0.228 e. The highest BCUT2D eigenvalue weighted by Crippen LogP contribution is 2.42. The number of amides is 1. The minimum atomic E-state index is -0.132.